The average molecular weight is 386 g/mol. The molecule has 0 atom stereocenters. The Balaban J connectivity index is 0.00000264. The number of carbonyl (C=O) groups is 1. The summed E-state index contributed by atoms with van der Waals surface area (Å²) in [7, 11) is 0. The predicted octanol–water partition coefficient (Wildman–Crippen LogP) is 1.15. The minimum absolute atomic E-state index is 0. The van der Waals surface area contributed by atoms with Gasteiger partial charge in [-0.15, -0.1) is 24.8 Å². The Morgan fingerprint density at radius 2 is 1.75 bits per heavy atom. The quantitative estimate of drug-likeness (QED) is 0.742. The number of nitrogens with zero attached hydrogens (tertiary/aromatic N) is 2. The average Bonchev–Trinajstić information content (AvgIpc) is 2.55. The molecule has 2 fully saturated rings. The van der Waals surface area contributed by atoms with Gasteiger partial charge in [-0.3, -0.25) is 9.69 Å². The molecule has 6 nitrogen and oxygen atoms in total. The molecule has 8 heteroatoms. The van der Waals surface area contributed by atoms with Crippen LogP contribution in [-0.4, -0.2) is 80.9 Å². The van der Waals surface area contributed by atoms with E-state index in [0.717, 1.165) is 52.2 Å². The Bertz CT molecular complexity index is 358. The van der Waals surface area contributed by atoms with Gasteiger partial charge in [-0.05, 0) is 26.7 Å². The molecule has 0 bridgehead atoms. The van der Waals surface area contributed by atoms with Crippen LogP contribution in [-0.2, 0) is 14.3 Å². The van der Waals surface area contributed by atoms with Crippen molar-refractivity contribution >= 4 is 30.7 Å². The lowest BCUT2D eigenvalue weighted by molar-refractivity contribution is -0.149. The van der Waals surface area contributed by atoms with Crippen LogP contribution < -0.4 is 5.73 Å². The maximum absolute atomic E-state index is 12.9. The van der Waals surface area contributed by atoms with Crippen LogP contribution in [0.3, 0.4) is 0 Å². The van der Waals surface area contributed by atoms with Crippen molar-refractivity contribution in [3.63, 3.8) is 0 Å². The zero-order valence-corrected chi connectivity index (χ0v) is 16.5. The van der Waals surface area contributed by atoms with E-state index in [-0.39, 0.29) is 42.2 Å². The number of halogens is 2. The second kappa shape index (κ2) is 11.5. The number of carbonyl (C=O) groups excluding carboxylic acids is 1. The van der Waals surface area contributed by atoms with Gasteiger partial charge in [0.25, 0.3) is 0 Å². The molecule has 2 aliphatic rings. The second-order valence-electron chi connectivity index (χ2n) is 6.65. The molecule has 0 saturated carbocycles. The molecule has 0 aromatic heterocycles. The van der Waals surface area contributed by atoms with E-state index in [0.29, 0.717) is 19.8 Å². The first-order valence-corrected chi connectivity index (χ1v) is 8.48. The van der Waals surface area contributed by atoms with Crippen LogP contribution in [0.5, 0.6) is 0 Å². The van der Waals surface area contributed by atoms with Crippen LogP contribution >= 0.6 is 24.8 Å². The van der Waals surface area contributed by atoms with Crippen LogP contribution in [0, 0.1) is 5.41 Å². The minimum atomic E-state index is -0.388. The fourth-order valence-electron chi connectivity index (χ4n) is 3.19. The van der Waals surface area contributed by atoms with Crippen molar-refractivity contribution in [2.45, 2.75) is 32.8 Å². The molecule has 0 radical (unpaired) electrons. The molecule has 1 amide bonds. The predicted molar refractivity (Wildman–Crippen MR) is 100 cm³/mol. The first-order chi connectivity index (χ1) is 10.6. The van der Waals surface area contributed by atoms with E-state index in [1.165, 1.54) is 0 Å². The van der Waals surface area contributed by atoms with E-state index in [1.807, 2.05) is 4.90 Å². The maximum Gasteiger partial charge on any atom is 0.230 e. The lowest BCUT2D eigenvalue weighted by atomic mass is 9.78. The molecular weight excluding hydrogens is 353 g/mol. The summed E-state index contributed by atoms with van der Waals surface area (Å²) in [6.45, 7) is 11.0. The summed E-state index contributed by atoms with van der Waals surface area (Å²) < 4.78 is 11.0. The van der Waals surface area contributed by atoms with Gasteiger partial charge in [0.1, 0.15) is 0 Å². The normalized spacial score (nSPS) is 21.1. The molecule has 0 unspecified atom stereocenters. The van der Waals surface area contributed by atoms with Crippen molar-refractivity contribution in [3.05, 3.63) is 0 Å². The molecule has 2 N–H and O–H groups in total. The van der Waals surface area contributed by atoms with Gasteiger partial charge in [0.05, 0.1) is 18.1 Å². The van der Waals surface area contributed by atoms with E-state index in [4.69, 9.17) is 15.2 Å². The van der Waals surface area contributed by atoms with Crippen molar-refractivity contribution in [1.29, 1.82) is 0 Å². The number of hydrogen-bond donors (Lipinski definition) is 1. The van der Waals surface area contributed by atoms with Crippen LogP contribution in [0.15, 0.2) is 0 Å². The van der Waals surface area contributed by atoms with Gasteiger partial charge in [-0.25, -0.2) is 0 Å². The standard InChI is InChI=1S/C16H31N3O3.2ClH/c1-14(2)22-12-9-18-5-7-19(8-6-18)15(20)16(13-17)3-10-21-11-4-16;;/h14H,3-13,17H2,1-2H3;2*1H. The van der Waals surface area contributed by atoms with Gasteiger partial charge < -0.3 is 20.1 Å². The number of ether oxygens (including phenoxy) is 2. The molecule has 0 aliphatic carbocycles. The molecule has 2 aliphatic heterocycles. The lowest BCUT2D eigenvalue weighted by Crippen LogP contribution is -2.56. The molecule has 2 saturated heterocycles. The van der Waals surface area contributed by atoms with Crippen molar-refractivity contribution in [2.24, 2.45) is 11.1 Å². The summed E-state index contributed by atoms with van der Waals surface area (Å²) in [5.74, 6) is 0.233. The van der Waals surface area contributed by atoms with Gasteiger partial charge >= 0.3 is 0 Å². The highest BCUT2D eigenvalue weighted by Crippen LogP contribution is 2.32. The largest absolute Gasteiger partial charge is 0.381 e. The molecule has 0 aromatic carbocycles. The van der Waals surface area contributed by atoms with Crippen molar-refractivity contribution in [1.82, 2.24) is 9.80 Å². The Morgan fingerprint density at radius 3 is 2.25 bits per heavy atom. The summed E-state index contributed by atoms with van der Waals surface area (Å²) in [5.41, 5.74) is 5.55. The Labute approximate surface area is 158 Å². The van der Waals surface area contributed by atoms with E-state index in [9.17, 15) is 4.79 Å². The second-order valence-corrected chi connectivity index (χ2v) is 6.65. The fraction of sp³-hybridized carbons (Fsp3) is 0.938. The highest BCUT2D eigenvalue weighted by molar-refractivity contribution is 5.85. The van der Waals surface area contributed by atoms with Gasteiger partial charge in [0.2, 0.25) is 5.91 Å². The summed E-state index contributed by atoms with van der Waals surface area (Å²) in [6, 6.07) is 0. The van der Waals surface area contributed by atoms with E-state index >= 15 is 0 Å². The van der Waals surface area contributed by atoms with E-state index in [1.54, 1.807) is 0 Å². The SMILES string of the molecule is CC(C)OCCN1CCN(C(=O)C2(CN)CCOCC2)CC1.Cl.Cl. The molecule has 0 spiro atoms. The summed E-state index contributed by atoms with van der Waals surface area (Å²) in [5, 5.41) is 0. The van der Waals surface area contributed by atoms with Gasteiger partial charge in [-0.1, -0.05) is 0 Å². The zero-order valence-electron chi connectivity index (χ0n) is 14.9. The molecule has 0 aromatic rings. The summed E-state index contributed by atoms with van der Waals surface area (Å²) in [6.07, 6.45) is 1.79. The van der Waals surface area contributed by atoms with Gasteiger partial charge in [-0.2, -0.15) is 0 Å². The molecule has 144 valence electrons. The van der Waals surface area contributed by atoms with Crippen LogP contribution in [0.4, 0.5) is 0 Å². The topological polar surface area (TPSA) is 68.0 Å². The number of hydrogen-bond acceptors (Lipinski definition) is 5. The zero-order chi connectivity index (χ0) is 16.0. The fourth-order valence-corrected chi connectivity index (χ4v) is 3.19. The number of piperazine rings is 1. The molecule has 2 heterocycles. The van der Waals surface area contributed by atoms with E-state index < -0.39 is 0 Å². The lowest BCUT2D eigenvalue weighted by Gasteiger charge is -2.42. The van der Waals surface area contributed by atoms with Gasteiger partial charge in [0.15, 0.2) is 0 Å². The summed E-state index contributed by atoms with van der Waals surface area (Å²) >= 11 is 0. The third-order valence-corrected chi connectivity index (χ3v) is 4.81. The van der Waals surface area contributed by atoms with Crippen LogP contribution in [0.25, 0.3) is 0 Å². The third-order valence-electron chi connectivity index (χ3n) is 4.81. The number of amides is 1. The first kappa shape index (κ1) is 23.9. The molecule has 24 heavy (non-hydrogen) atoms. The van der Waals surface area contributed by atoms with Crippen LogP contribution in [0.1, 0.15) is 26.7 Å². The number of rotatable bonds is 6. The molecule has 2 rings (SSSR count). The molecular formula is C16H33Cl2N3O3. The van der Waals surface area contributed by atoms with Crippen molar-refractivity contribution < 1.29 is 14.3 Å². The summed E-state index contributed by atoms with van der Waals surface area (Å²) in [4.78, 5) is 17.2. The smallest absolute Gasteiger partial charge is 0.230 e. The van der Waals surface area contributed by atoms with Crippen molar-refractivity contribution in [3.8, 4) is 0 Å². The number of nitrogens with two attached hydrogens (primary N) is 1. The highest BCUT2D eigenvalue weighted by Gasteiger charge is 2.41. The van der Waals surface area contributed by atoms with Crippen LogP contribution in [0.2, 0.25) is 0 Å². The van der Waals surface area contributed by atoms with E-state index in [2.05, 4.69) is 18.7 Å². The minimum Gasteiger partial charge on any atom is -0.381 e. The monoisotopic (exact) mass is 385 g/mol. The van der Waals surface area contributed by atoms with Crippen molar-refractivity contribution in [2.75, 3.05) is 59.1 Å². The Kier molecular flexibility index (Phi) is 11.4. The third kappa shape index (κ3) is 6.32. The Hall–Kier alpha value is -0.110. The maximum atomic E-state index is 12.9. The first-order valence-electron chi connectivity index (χ1n) is 8.48. The highest BCUT2D eigenvalue weighted by atomic mass is 35.5. The van der Waals surface area contributed by atoms with Gasteiger partial charge in [0, 0.05) is 52.5 Å². The Morgan fingerprint density at radius 1 is 1.17 bits per heavy atom.